The fourth-order valence-corrected chi connectivity index (χ4v) is 3.27. The molecule has 25 heavy (non-hydrogen) atoms. The monoisotopic (exact) mass is 368 g/mol. The van der Waals surface area contributed by atoms with Crippen LogP contribution in [0.3, 0.4) is 0 Å². The highest BCUT2D eigenvalue weighted by atomic mass is 35.5. The zero-order valence-corrected chi connectivity index (χ0v) is 16.0. The van der Waals surface area contributed by atoms with E-state index in [-0.39, 0.29) is 36.1 Å². The van der Waals surface area contributed by atoms with Crippen molar-refractivity contribution >= 4 is 24.3 Å². The van der Waals surface area contributed by atoms with E-state index in [0.29, 0.717) is 19.0 Å². The summed E-state index contributed by atoms with van der Waals surface area (Å²) in [5, 5.41) is 6.30. The summed E-state index contributed by atoms with van der Waals surface area (Å²) in [5.74, 6) is -0.574. The molecule has 3 atom stereocenters. The first-order valence-corrected chi connectivity index (χ1v) is 8.64. The normalized spacial score (nSPS) is 20.9. The second kappa shape index (κ2) is 10.4. The maximum atomic E-state index is 12.4. The molecule has 0 spiro atoms. The fraction of sp³-hybridized carbons (Fsp3) is 0.579. The zero-order valence-electron chi connectivity index (χ0n) is 15.2. The number of carbonyl (C=O) groups is 2. The van der Waals surface area contributed by atoms with Crippen LogP contribution < -0.4 is 10.6 Å². The molecule has 1 aliphatic heterocycles. The number of amides is 1. The van der Waals surface area contributed by atoms with Gasteiger partial charge in [-0.25, -0.2) is 0 Å². The van der Waals surface area contributed by atoms with Crippen LogP contribution in [0, 0.1) is 18.8 Å². The molecule has 1 fully saturated rings. The summed E-state index contributed by atoms with van der Waals surface area (Å²) in [6.45, 7) is 5.30. The minimum atomic E-state index is -0.361. The molecule has 0 aromatic heterocycles. The van der Waals surface area contributed by atoms with Crippen molar-refractivity contribution in [2.24, 2.45) is 11.8 Å². The van der Waals surface area contributed by atoms with Crippen LogP contribution in [0.25, 0.3) is 0 Å². The Morgan fingerprint density at radius 3 is 2.80 bits per heavy atom. The highest BCUT2D eigenvalue weighted by Crippen LogP contribution is 2.17. The Balaban J connectivity index is 0.00000312. The summed E-state index contributed by atoms with van der Waals surface area (Å²) in [5.41, 5.74) is 2.24. The van der Waals surface area contributed by atoms with Crippen molar-refractivity contribution in [3.63, 3.8) is 0 Å². The Morgan fingerprint density at radius 1 is 1.40 bits per heavy atom. The van der Waals surface area contributed by atoms with Crippen LogP contribution in [0.5, 0.6) is 0 Å². The first-order chi connectivity index (χ1) is 11.5. The second-order valence-corrected chi connectivity index (χ2v) is 6.73. The number of esters is 1. The van der Waals surface area contributed by atoms with E-state index in [2.05, 4.69) is 23.6 Å². The molecule has 0 radical (unpaired) electrons. The van der Waals surface area contributed by atoms with Crippen molar-refractivity contribution in [2.45, 2.75) is 39.2 Å². The smallest absolute Gasteiger partial charge is 0.310 e. The topological polar surface area (TPSA) is 67.4 Å². The summed E-state index contributed by atoms with van der Waals surface area (Å²) in [7, 11) is 1.39. The van der Waals surface area contributed by atoms with E-state index in [1.54, 1.807) is 0 Å². The summed E-state index contributed by atoms with van der Waals surface area (Å²) in [6.07, 6.45) is 2.25. The van der Waals surface area contributed by atoms with Crippen molar-refractivity contribution in [3.05, 3.63) is 35.4 Å². The van der Waals surface area contributed by atoms with E-state index in [0.717, 1.165) is 30.5 Å². The molecule has 1 heterocycles. The summed E-state index contributed by atoms with van der Waals surface area (Å²) >= 11 is 0. The predicted octanol–water partition coefficient (Wildman–Crippen LogP) is 2.25. The maximum absolute atomic E-state index is 12.4. The average molecular weight is 369 g/mol. The van der Waals surface area contributed by atoms with Gasteiger partial charge < -0.3 is 15.4 Å². The number of aryl methyl sites for hydroxylation is 1. The van der Waals surface area contributed by atoms with Crippen LogP contribution in [0.1, 0.15) is 30.9 Å². The van der Waals surface area contributed by atoms with E-state index in [4.69, 9.17) is 4.74 Å². The molecule has 140 valence electrons. The van der Waals surface area contributed by atoms with Gasteiger partial charge in [0.1, 0.15) is 0 Å². The van der Waals surface area contributed by atoms with Crippen LogP contribution >= 0.6 is 12.4 Å². The molecular formula is C19H29ClN2O3. The number of hydrogen-bond donors (Lipinski definition) is 2. The molecule has 1 aliphatic rings. The molecule has 0 aliphatic carbocycles. The van der Waals surface area contributed by atoms with Gasteiger partial charge in [-0.1, -0.05) is 29.8 Å². The van der Waals surface area contributed by atoms with Crippen molar-refractivity contribution in [2.75, 3.05) is 20.2 Å². The molecule has 1 aromatic rings. The lowest BCUT2D eigenvalue weighted by Gasteiger charge is -2.27. The van der Waals surface area contributed by atoms with Crippen LogP contribution in [0.15, 0.2) is 24.3 Å². The van der Waals surface area contributed by atoms with Gasteiger partial charge >= 0.3 is 5.97 Å². The average Bonchev–Trinajstić information content (AvgIpc) is 2.57. The number of carbonyl (C=O) groups excluding carboxylic acids is 2. The standard InChI is InChI=1S/C19H28N2O3.ClH/c1-13-5-4-6-15(9-13)11-17(19(23)24-3)12-21-18(22)16-7-8-20-14(2)10-16;/h4-6,9,14,16-17,20H,7-8,10-12H2,1-3H3,(H,21,22);1H/t14-,16-,17?;/m0./s1. The summed E-state index contributed by atoms with van der Waals surface area (Å²) < 4.78 is 4.91. The highest BCUT2D eigenvalue weighted by Gasteiger charge is 2.26. The van der Waals surface area contributed by atoms with Crippen molar-refractivity contribution in [1.29, 1.82) is 0 Å². The molecule has 2 N–H and O–H groups in total. The number of rotatable bonds is 6. The molecule has 2 rings (SSSR count). The van der Waals surface area contributed by atoms with Gasteiger partial charge in [0.15, 0.2) is 0 Å². The minimum absolute atomic E-state index is 0. The molecule has 1 unspecified atom stereocenters. The van der Waals surface area contributed by atoms with Crippen LogP contribution in [-0.2, 0) is 20.7 Å². The number of halogens is 1. The maximum Gasteiger partial charge on any atom is 0.310 e. The van der Waals surface area contributed by atoms with Gasteiger partial charge in [-0.3, -0.25) is 9.59 Å². The van der Waals surface area contributed by atoms with Gasteiger partial charge in [0.2, 0.25) is 5.91 Å². The van der Waals surface area contributed by atoms with Crippen LogP contribution in [-0.4, -0.2) is 38.1 Å². The van der Waals surface area contributed by atoms with Crippen LogP contribution in [0.2, 0.25) is 0 Å². The largest absolute Gasteiger partial charge is 0.469 e. The fourth-order valence-electron chi connectivity index (χ4n) is 3.27. The number of hydrogen-bond acceptors (Lipinski definition) is 4. The number of benzene rings is 1. The number of nitrogens with one attached hydrogen (secondary N) is 2. The van der Waals surface area contributed by atoms with Gasteiger partial charge in [0, 0.05) is 18.5 Å². The first kappa shape index (κ1) is 21.5. The number of piperidine rings is 1. The molecule has 1 aromatic carbocycles. The Bertz CT molecular complexity index is 580. The van der Waals surface area contributed by atoms with Gasteiger partial charge in [-0.05, 0) is 45.2 Å². The van der Waals surface area contributed by atoms with Crippen molar-refractivity contribution < 1.29 is 14.3 Å². The Labute approximate surface area is 156 Å². The number of methoxy groups -OCH3 is 1. The molecule has 6 heteroatoms. The number of ether oxygens (including phenoxy) is 1. The van der Waals surface area contributed by atoms with E-state index >= 15 is 0 Å². The van der Waals surface area contributed by atoms with Crippen molar-refractivity contribution in [1.82, 2.24) is 10.6 Å². The van der Waals surface area contributed by atoms with E-state index in [1.165, 1.54) is 7.11 Å². The molecule has 0 bridgehead atoms. The highest BCUT2D eigenvalue weighted by molar-refractivity contribution is 5.85. The third-order valence-corrected chi connectivity index (χ3v) is 4.62. The van der Waals surface area contributed by atoms with Gasteiger partial charge in [-0.15, -0.1) is 12.4 Å². The molecule has 5 nitrogen and oxygen atoms in total. The summed E-state index contributed by atoms with van der Waals surface area (Å²) in [4.78, 5) is 24.4. The second-order valence-electron chi connectivity index (χ2n) is 6.73. The zero-order chi connectivity index (χ0) is 17.5. The molecule has 0 saturated carbocycles. The lowest BCUT2D eigenvalue weighted by atomic mass is 9.92. The van der Waals surface area contributed by atoms with E-state index in [1.807, 2.05) is 25.1 Å². The van der Waals surface area contributed by atoms with Gasteiger partial charge in [0.25, 0.3) is 0 Å². The van der Waals surface area contributed by atoms with Crippen LogP contribution in [0.4, 0.5) is 0 Å². The van der Waals surface area contributed by atoms with E-state index in [9.17, 15) is 9.59 Å². The Kier molecular flexibility index (Phi) is 8.93. The molecule has 1 amide bonds. The third kappa shape index (κ3) is 6.67. The SMILES string of the molecule is COC(=O)C(CNC(=O)[C@H]1CCN[C@@H](C)C1)Cc1cccc(C)c1.Cl. The van der Waals surface area contributed by atoms with Gasteiger partial charge in [-0.2, -0.15) is 0 Å². The Hall–Kier alpha value is -1.59. The quantitative estimate of drug-likeness (QED) is 0.756. The minimum Gasteiger partial charge on any atom is -0.469 e. The third-order valence-electron chi connectivity index (χ3n) is 4.62. The predicted molar refractivity (Wildman–Crippen MR) is 101 cm³/mol. The van der Waals surface area contributed by atoms with Crippen molar-refractivity contribution in [3.8, 4) is 0 Å². The lowest BCUT2D eigenvalue weighted by Crippen LogP contribution is -2.44. The first-order valence-electron chi connectivity index (χ1n) is 8.64. The summed E-state index contributed by atoms with van der Waals surface area (Å²) in [6, 6.07) is 8.43. The molecule has 1 saturated heterocycles. The van der Waals surface area contributed by atoms with E-state index < -0.39 is 0 Å². The lowest BCUT2D eigenvalue weighted by molar-refractivity contribution is -0.145. The van der Waals surface area contributed by atoms with Gasteiger partial charge in [0.05, 0.1) is 13.0 Å². The Morgan fingerprint density at radius 2 is 2.16 bits per heavy atom. The molecular weight excluding hydrogens is 340 g/mol.